The number of hydrazine groups is 1. The van der Waals surface area contributed by atoms with Gasteiger partial charge in [0.15, 0.2) is 11.5 Å². The van der Waals surface area contributed by atoms with Gasteiger partial charge in [-0.05, 0) is 12.1 Å². The summed E-state index contributed by atoms with van der Waals surface area (Å²) in [5.74, 6) is 5.06. The summed E-state index contributed by atoms with van der Waals surface area (Å²) >= 11 is 0. The molecule has 0 fully saturated rings. The third-order valence-electron chi connectivity index (χ3n) is 1.88. The van der Waals surface area contributed by atoms with Crippen molar-refractivity contribution in [3.63, 3.8) is 0 Å². The maximum absolute atomic E-state index is 11.1. The average molecular weight is 219 g/mol. The lowest BCUT2D eigenvalue weighted by Crippen LogP contribution is -2.31. The molecule has 0 bridgehead atoms. The number of nitrogens with two attached hydrogens (primary N) is 1. The number of nitrogens with one attached hydrogen (secondary N) is 1. The number of hydrogen-bond acceptors (Lipinski definition) is 6. The van der Waals surface area contributed by atoms with Gasteiger partial charge in [0.2, 0.25) is 0 Å². The van der Waals surface area contributed by atoms with Crippen molar-refractivity contribution in [2.24, 2.45) is 5.84 Å². The Hall–Kier alpha value is -2.41. The molecule has 0 saturated carbocycles. The molecular weight excluding hydrogens is 210 g/mol. The van der Waals surface area contributed by atoms with E-state index in [-0.39, 0.29) is 5.69 Å². The van der Waals surface area contributed by atoms with Gasteiger partial charge in [-0.15, -0.1) is 10.2 Å². The first-order valence-electron chi connectivity index (χ1n) is 4.43. The fraction of sp³-hybridized carbons (Fsp3) is 0. The van der Waals surface area contributed by atoms with Crippen LogP contribution in [0.5, 0.6) is 0 Å². The SMILES string of the molecule is NNC(=O)c1ccc(N2C=COC=C2)nn1. The van der Waals surface area contributed by atoms with Gasteiger partial charge in [0, 0.05) is 12.4 Å². The third kappa shape index (κ3) is 1.98. The van der Waals surface area contributed by atoms with Crippen LogP contribution in [0, 0.1) is 0 Å². The van der Waals surface area contributed by atoms with Gasteiger partial charge in [-0.1, -0.05) is 0 Å². The maximum Gasteiger partial charge on any atom is 0.285 e. The molecule has 0 atom stereocenters. The number of carbonyl (C=O) groups excluding carboxylic acids is 1. The van der Waals surface area contributed by atoms with Crippen LogP contribution in [0.4, 0.5) is 5.82 Å². The number of rotatable bonds is 2. The molecule has 1 amide bonds. The smallest absolute Gasteiger partial charge is 0.285 e. The third-order valence-corrected chi connectivity index (χ3v) is 1.88. The van der Waals surface area contributed by atoms with Crippen LogP contribution in [0.25, 0.3) is 0 Å². The molecule has 1 aromatic heterocycles. The molecule has 0 aliphatic carbocycles. The van der Waals surface area contributed by atoms with Crippen LogP contribution in [-0.2, 0) is 4.74 Å². The van der Waals surface area contributed by atoms with Crippen LogP contribution in [0.1, 0.15) is 10.5 Å². The van der Waals surface area contributed by atoms with Crippen molar-refractivity contribution in [1.82, 2.24) is 15.6 Å². The van der Waals surface area contributed by atoms with Gasteiger partial charge in [0.25, 0.3) is 5.91 Å². The summed E-state index contributed by atoms with van der Waals surface area (Å²) in [6.45, 7) is 0. The van der Waals surface area contributed by atoms with Crippen molar-refractivity contribution in [1.29, 1.82) is 0 Å². The van der Waals surface area contributed by atoms with Crippen LogP contribution in [0.15, 0.2) is 37.1 Å². The Labute approximate surface area is 91.2 Å². The minimum Gasteiger partial charge on any atom is -0.470 e. The standard InChI is InChI=1S/C9H9N5O2/c10-11-9(15)7-1-2-8(13-12-7)14-3-5-16-6-4-14/h1-6H,10H2,(H,11,15). The number of nitrogen functional groups attached to an aromatic ring is 1. The first-order valence-corrected chi connectivity index (χ1v) is 4.43. The molecule has 2 heterocycles. The van der Waals surface area contributed by atoms with Crippen molar-refractivity contribution in [2.45, 2.75) is 0 Å². The topological polar surface area (TPSA) is 93.4 Å². The van der Waals surface area contributed by atoms with Gasteiger partial charge in [-0.2, -0.15) is 0 Å². The molecule has 3 N–H and O–H groups in total. The zero-order valence-corrected chi connectivity index (χ0v) is 8.20. The Morgan fingerprint density at radius 2 is 2.06 bits per heavy atom. The molecule has 1 aliphatic heterocycles. The van der Waals surface area contributed by atoms with E-state index in [9.17, 15) is 4.79 Å². The fourth-order valence-electron chi connectivity index (χ4n) is 1.11. The second-order valence-electron chi connectivity index (χ2n) is 2.86. The molecule has 0 radical (unpaired) electrons. The van der Waals surface area contributed by atoms with E-state index in [0.717, 1.165) is 0 Å². The molecule has 16 heavy (non-hydrogen) atoms. The highest BCUT2D eigenvalue weighted by Gasteiger charge is 2.08. The molecule has 7 nitrogen and oxygen atoms in total. The van der Waals surface area contributed by atoms with E-state index in [4.69, 9.17) is 10.6 Å². The highest BCUT2D eigenvalue weighted by molar-refractivity contribution is 5.91. The lowest BCUT2D eigenvalue weighted by atomic mass is 10.3. The van der Waals surface area contributed by atoms with Crippen LogP contribution < -0.4 is 16.2 Å². The Morgan fingerprint density at radius 3 is 2.62 bits per heavy atom. The minimum absolute atomic E-state index is 0.160. The van der Waals surface area contributed by atoms with E-state index in [1.807, 2.05) is 5.43 Å². The van der Waals surface area contributed by atoms with E-state index in [1.54, 1.807) is 23.4 Å². The van der Waals surface area contributed by atoms with Crippen molar-refractivity contribution in [3.05, 3.63) is 42.8 Å². The fourth-order valence-corrected chi connectivity index (χ4v) is 1.11. The monoisotopic (exact) mass is 219 g/mol. The zero-order chi connectivity index (χ0) is 11.4. The molecule has 1 aliphatic rings. The van der Waals surface area contributed by atoms with Crippen LogP contribution in [0.3, 0.4) is 0 Å². The predicted octanol–water partition coefficient (Wildman–Crippen LogP) is -0.141. The first kappa shape index (κ1) is 10.1. The number of carbonyl (C=O) groups is 1. The highest BCUT2D eigenvalue weighted by Crippen LogP contribution is 2.12. The summed E-state index contributed by atoms with van der Waals surface area (Å²) in [5.41, 5.74) is 2.14. The lowest BCUT2D eigenvalue weighted by molar-refractivity contribution is 0.0947. The number of hydrogen-bond donors (Lipinski definition) is 2. The number of amides is 1. The van der Waals surface area contributed by atoms with E-state index < -0.39 is 5.91 Å². The normalized spacial score (nSPS) is 13.4. The summed E-state index contributed by atoms with van der Waals surface area (Å²) in [6, 6.07) is 3.18. The van der Waals surface area contributed by atoms with Crippen molar-refractivity contribution < 1.29 is 9.53 Å². The van der Waals surface area contributed by atoms with Crippen LogP contribution >= 0.6 is 0 Å². The summed E-state index contributed by atoms with van der Waals surface area (Å²) < 4.78 is 4.87. The predicted molar refractivity (Wildman–Crippen MR) is 55.5 cm³/mol. The molecule has 2 rings (SSSR count). The summed E-state index contributed by atoms with van der Waals surface area (Å²) in [4.78, 5) is 12.8. The number of nitrogens with zero attached hydrogens (tertiary/aromatic N) is 3. The Balaban J connectivity index is 2.18. The van der Waals surface area contributed by atoms with E-state index >= 15 is 0 Å². The maximum atomic E-state index is 11.1. The largest absolute Gasteiger partial charge is 0.470 e. The van der Waals surface area contributed by atoms with Gasteiger partial charge in [-0.25, -0.2) is 5.84 Å². The molecule has 1 aromatic rings. The van der Waals surface area contributed by atoms with Crippen molar-refractivity contribution >= 4 is 11.7 Å². The second kappa shape index (κ2) is 4.41. The molecule has 0 unspecified atom stereocenters. The van der Waals surface area contributed by atoms with Crippen molar-refractivity contribution in [3.8, 4) is 0 Å². The van der Waals surface area contributed by atoms with E-state index in [0.29, 0.717) is 5.82 Å². The molecule has 82 valence electrons. The summed E-state index contributed by atoms with van der Waals surface area (Å²) in [6.07, 6.45) is 6.35. The molecular formula is C9H9N5O2. The number of anilines is 1. The van der Waals surface area contributed by atoms with Gasteiger partial charge in [0.05, 0.1) is 0 Å². The second-order valence-corrected chi connectivity index (χ2v) is 2.86. The number of aromatic nitrogens is 2. The summed E-state index contributed by atoms with van der Waals surface area (Å²) in [5, 5.41) is 7.61. The quantitative estimate of drug-likeness (QED) is 0.408. The lowest BCUT2D eigenvalue weighted by Gasteiger charge is -2.15. The Kier molecular flexibility index (Phi) is 2.79. The van der Waals surface area contributed by atoms with E-state index in [2.05, 4.69) is 10.2 Å². The van der Waals surface area contributed by atoms with Crippen molar-refractivity contribution in [2.75, 3.05) is 4.90 Å². The number of ether oxygens (including phenoxy) is 1. The van der Waals surface area contributed by atoms with Gasteiger partial charge in [-0.3, -0.25) is 10.2 Å². The molecule has 0 saturated heterocycles. The van der Waals surface area contributed by atoms with Gasteiger partial charge < -0.3 is 9.64 Å². The highest BCUT2D eigenvalue weighted by atomic mass is 16.5. The summed E-state index contributed by atoms with van der Waals surface area (Å²) in [7, 11) is 0. The average Bonchev–Trinajstić information content (AvgIpc) is 2.39. The zero-order valence-electron chi connectivity index (χ0n) is 8.20. The molecule has 7 heteroatoms. The van der Waals surface area contributed by atoms with Crippen LogP contribution in [-0.4, -0.2) is 16.1 Å². The van der Waals surface area contributed by atoms with Gasteiger partial charge >= 0.3 is 0 Å². The Bertz CT molecular complexity index is 428. The first-order chi connectivity index (χ1) is 7.81. The molecule has 0 spiro atoms. The van der Waals surface area contributed by atoms with Gasteiger partial charge in [0.1, 0.15) is 12.5 Å². The van der Waals surface area contributed by atoms with E-state index in [1.165, 1.54) is 18.6 Å². The molecule has 0 aromatic carbocycles. The minimum atomic E-state index is -0.480. The van der Waals surface area contributed by atoms with Crippen LogP contribution in [0.2, 0.25) is 0 Å². The Morgan fingerprint density at radius 1 is 1.31 bits per heavy atom.